The van der Waals surface area contributed by atoms with Crippen molar-refractivity contribution in [3.63, 3.8) is 0 Å². The van der Waals surface area contributed by atoms with Crippen molar-refractivity contribution in [3.05, 3.63) is 0 Å². The zero-order valence-electron chi connectivity index (χ0n) is 17.7. The van der Waals surface area contributed by atoms with E-state index in [-0.39, 0.29) is 5.54 Å². The van der Waals surface area contributed by atoms with Gasteiger partial charge < -0.3 is 15.5 Å². The third kappa shape index (κ3) is 8.91. The molecule has 0 unspecified atom stereocenters. The topological polar surface area (TPSA) is 42.9 Å². The van der Waals surface area contributed by atoms with E-state index in [4.69, 9.17) is 4.99 Å². The van der Waals surface area contributed by atoms with Gasteiger partial charge in [-0.15, -0.1) is 0 Å². The van der Waals surface area contributed by atoms with Crippen molar-refractivity contribution >= 4 is 5.96 Å². The third-order valence-corrected chi connectivity index (χ3v) is 5.29. The van der Waals surface area contributed by atoms with Gasteiger partial charge in [0.25, 0.3) is 0 Å². The molecule has 0 spiro atoms. The lowest BCUT2D eigenvalue weighted by Gasteiger charge is -2.40. The number of nitrogens with zero attached hydrogens (tertiary/aromatic N) is 3. The largest absolute Gasteiger partial charge is 0.357 e. The molecule has 1 heterocycles. The fourth-order valence-corrected chi connectivity index (χ4v) is 3.16. The Kier molecular flexibility index (Phi) is 10.4. The number of hydrogen-bond acceptors (Lipinski definition) is 3. The number of hydrogen-bond donors (Lipinski definition) is 2. The van der Waals surface area contributed by atoms with Gasteiger partial charge >= 0.3 is 0 Å². The Bertz CT molecular complexity index is 372. The van der Waals surface area contributed by atoms with E-state index in [2.05, 4.69) is 62.1 Å². The fourth-order valence-electron chi connectivity index (χ4n) is 3.16. The number of piperidine rings is 1. The average molecular weight is 354 g/mol. The first-order valence-corrected chi connectivity index (χ1v) is 10.3. The van der Waals surface area contributed by atoms with Crippen LogP contribution >= 0.6 is 0 Å². The summed E-state index contributed by atoms with van der Waals surface area (Å²) in [7, 11) is 2.20. The Morgan fingerprint density at radius 1 is 1.12 bits per heavy atom. The highest BCUT2D eigenvalue weighted by molar-refractivity contribution is 5.79. The summed E-state index contributed by atoms with van der Waals surface area (Å²) in [4.78, 5) is 9.87. The lowest BCUT2D eigenvalue weighted by Crippen LogP contribution is -2.49. The molecule has 148 valence electrons. The van der Waals surface area contributed by atoms with Crippen LogP contribution in [0.2, 0.25) is 0 Å². The molecular weight excluding hydrogens is 310 g/mol. The molecule has 0 aromatic heterocycles. The highest BCUT2D eigenvalue weighted by Crippen LogP contribution is 2.20. The monoisotopic (exact) mass is 353 g/mol. The lowest BCUT2D eigenvalue weighted by molar-refractivity contribution is 0.102. The maximum absolute atomic E-state index is 4.86. The smallest absolute Gasteiger partial charge is 0.191 e. The van der Waals surface area contributed by atoms with Gasteiger partial charge in [0.05, 0.1) is 6.54 Å². The van der Waals surface area contributed by atoms with E-state index in [0.29, 0.717) is 6.04 Å². The van der Waals surface area contributed by atoms with Crippen LogP contribution in [0.15, 0.2) is 4.99 Å². The maximum atomic E-state index is 4.86. The molecule has 1 rings (SSSR count). The quantitative estimate of drug-likeness (QED) is 0.360. The molecule has 25 heavy (non-hydrogen) atoms. The first kappa shape index (κ1) is 22.2. The Morgan fingerprint density at radius 3 is 2.40 bits per heavy atom. The van der Waals surface area contributed by atoms with E-state index in [1.165, 1.54) is 45.2 Å². The molecule has 2 N–H and O–H groups in total. The van der Waals surface area contributed by atoms with E-state index in [1.807, 2.05) is 0 Å². The summed E-state index contributed by atoms with van der Waals surface area (Å²) in [6.07, 6.45) is 6.44. The van der Waals surface area contributed by atoms with Gasteiger partial charge in [-0.3, -0.25) is 9.89 Å². The maximum Gasteiger partial charge on any atom is 0.191 e. The van der Waals surface area contributed by atoms with Crippen molar-refractivity contribution in [2.45, 2.75) is 78.3 Å². The summed E-state index contributed by atoms with van der Waals surface area (Å²) in [5.41, 5.74) is 0.142. The Labute approximate surface area is 156 Å². The van der Waals surface area contributed by atoms with Gasteiger partial charge in [-0.25, -0.2) is 0 Å². The molecule has 0 aliphatic carbocycles. The number of rotatable bonds is 10. The first-order chi connectivity index (χ1) is 11.9. The van der Waals surface area contributed by atoms with E-state index in [0.717, 1.165) is 32.1 Å². The number of likely N-dealkylation sites (tertiary alicyclic amines) is 1. The highest BCUT2D eigenvalue weighted by atomic mass is 15.2. The second-order valence-corrected chi connectivity index (χ2v) is 8.26. The summed E-state index contributed by atoms with van der Waals surface area (Å²) in [5.74, 6) is 0.963. The van der Waals surface area contributed by atoms with Gasteiger partial charge in [-0.05, 0) is 87.0 Å². The molecule has 1 aliphatic heterocycles. The first-order valence-electron chi connectivity index (χ1n) is 10.3. The van der Waals surface area contributed by atoms with Crippen LogP contribution in [0.25, 0.3) is 0 Å². The fraction of sp³-hybridized carbons (Fsp3) is 0.950. The lowest BCUT2D eigenvalue weighted by atomic mass is 9.99. The normalized spacial score (nSPS) is 17.4. The molecule has 5 nitrogen and oxygen atoms in total. The number of unbranched alkanes of at least 4 members (excludes halogenated alkanes) is 1. The average Bonchev–Trinajstić information content (AvgIpc) is 2.59. The molecule has 0 aromatic rings. The van der Waals surface area contributed by atoms with Gasteiger partial charge in [0, 0.05) is 24.7 Å². The van der Waals surface area contributed by atoms with Crippen molar-refractivity contribution in [2.24, 2.45) is 4.99 Å². The van der Waals surface area contributed by atoms with Gasteiger partial charge in [0.1, 0.15) is 0 Å². The molecule has 0 atom stereocenters. The van der Waals surface area contributed by atoms with Crippen LogP contribution in [-0.4, -0.2) is 73.7 Å². The molecule has 1 fully saturated rings. The summed E-state index contributed by atoms with van der Waals surface area (Å²) in [6, 6.07) is 0.629. The highest BCUT2D eigenvalue weighted by Gasteiger charge is 2.27. The minimum Gasteiger partial charge on any atom is -0.357 e. The molecule has 5 heteroatoms. The minimum absolute atomic E-state index is 0.142. The second kappa shape index (κ2) is 11.7. The molecule has 1 aliphatic rings. The number of aliphatic imine (C=N–C) groups is 1. The minimum atomic E-state index is 0.142. The Hall–Kier alpha value is -0.810. The summed E-state index contributed by atoms with van der Waals surface area (Å²) >= 11 is 0. The Balaban J connectivity index is 2.37. The number of guanidine groups is 1. The van der Waals surface area contributed by atoms with Crippen LogP contribution in [0.4, 0.5) is 0 Å². The predicted molar refractivity (Wildman–Crippen MR) is 110 cm³/mol. The van der Waals surface area contributed by atoms with Gasteiger partial charge in [0.2, 0.25) is 0 Å². The standard InChI is InChI=1S/C20H43N5/c1-7-21-19(22-13-9-12-14-24(6)18(2)3)23-17-20(4,5)25-15-10-8-11-16-25/h18H,7-17H2,1-6H3,(H2,21,22,23). The molecule has 0 amide bonds. The van der Waals surface area contributed by atoms with E-state index in [9.17, 15) is 0 Å². The van der Waals surface area contributed by atoms with E-state index < -0.39 is 0 Å². The molecule has 0 bridgehead atoms. The van der Waals surface area contributed by atoms with E-state index >= 15 is 0 Å². The van der Waals surface area contributed by atoms with Crippen LogP contribution in [0, 0.1) is 0 Å². The molecule has 0 aromatic carbocycles. The molecule has 0 radical (unpaired) electrons. The van der Waals surface area contributed by atoms with Crippen LogP contribution in [0.1, 0.15) is 66.7 Å². The van der Waals surface area contributed by atoms with Gasteiger partial charge in [-0.1, -0.05) is 6.42 Å². The summed E-state index contributed by atoms with van der Waals surface area (Å²) < 4.78 is 0. The van der Waals surface area contributed by atoms with Crippen molar-refractivity contribution in [3.8, 4) is 0 Å². The third-order valence-electron chi connectivity index (χ3n) is 5.29. The van der Waals surface area contributed by atoms with Gasteiger partial charge in [-0.2, -0.15) is 0 Å². The SMILES string of the molecule is CCNC(=NCC(C)(C)N1CCCCC1)NCCCCN(C)C(C)C. The second-order valence-electron chi connectivity index (χ2n) is 8.26. The van der Waals surface area contributed by atoms with Crippen molar-refractivity contribution < 1.29 is 0 Å². The number of nitrogens with one attached hydrogen (secondary N) is 2. The zero-order chi connectivity index (χ0) is 18.7. The van der Waals surface area contributed by atoms with Crippen molar-refractivity contribution in [1.82, 2.24) is 20.4 Å². The predicted octanol–water partition coefficient (Wildman–Crippen LogP) is 2.93. The van der Waals surface area contributed by atoms with Crippen LogP contribution in [0.3, 0.4) is 0 Å². The van der Waals surface area contributed by atoms with Gasteiger partial charge in [0.15, 0.2) is 5.96 Å². The summed E-state index contributed by atoms with van der Waals surface area (Å²) in [5, 5.41) is 6.89. The van der Waals surface area contributed by atoms with Crippen LogP contribution in [0.5, 0.6) is 0 Å². The van der Waals surface area contributed by atoms with Crippen LogP contribution < -0.4 is 10.6 Å². The zero-order valence-corrected chi connectivity index (χ0v) is 17.7. The van der Waals surface area contributed by atoms with E-state index in [1.54, 1.807) is 0 Å². The molecular formula is C20H43N5. The molecule has 1 saturated heterocycles. The molecule has 0 saturated carbocycles. The van der Waals surface area contributed by atoms with Crippen molar-refractivity contribution in [1.29, 1.82) is 0 Å². The Morgan fingerprint density at radius 2 is 1.80 bits per heavy atom. The van der Waals surface area contributed by atoms with Crippen LogP contribution in [-0.2, 0) is 0 Å². The van der Waals surface area contributed by atoms with Crippen molar-refractivity contribution in [2.75, 3.05) is 46.3 Å². The summed E-state index contributed by atoms with van der Waals surface area (Å²) in [6.45, 7) is 17.6.